The Morgan fingerprint density at radius 2 is 2.11 bits per heavy atom. The molecule has 0 radical (unpaired) electrons. The van der Waals surface area contributed by atoms with Crippen molar-refractivity contribution in [2.45, 2.75) is 19.6 Å². The quantitative estimate of drug-likeness (QED) is 0.879. The molecule has 0 unspecified atom stereocenters. The Morgan fingerprint density at radius 3 is 2.78 bits per heavy atom. The first-order valence-electron chi connectivity index (χ1n) is 5.75. The summed E-state index contributed by atoms with van der Waals surface area (Å²) in [6, 6.07) is 8.57. The lowest BCUT2D eigenvalue weighted by molar-refractivity contribution is 0.263. The average Bonchev–Trinajstić information content (AvgIpc) is 2.80. The van der Waals surface area contributed by atoms with E-state index in [4.69, 9.17) is 10.3 Å². The molecule has 0 fully saturated rings. The number of hydrogen-bond donors (Lipinski definition) is 1. The van der Waals surface area contributed by atoms with E-state index in [1.165, 1.54) is 6.07 Å². The lowest BCUT2D eigenvalue weighted by Crippen LogP contribution is -2.17. The van der Waals surface area contributed by atoms with Gasteiger partial charge in [0.15, 0.2) is 5.76 Å². The van der Waals surface area contributed by atoms with Gasteiger partial charge >= 0.3 is 0 Å². The van der Waals surface area contributed by atoms with Crippen molar-refractivity contribution in [2.75, 3.05) is 7.05 Å². The number of hydrogen-bond acceptors (Lipinski definition) is 4. The van der Waals surface area contributed by atoms with Crippen molar-refractivity contribution in [3.63, 3.8) is 0 Å². The largest absolute Gasteiger partial charge is 0.360 e. The Kier molecular flexibility index (Phi) is 4.07. The van der Waals surface area contributed by atoms with Crippen molar-refractivity contribution in [3.8, 4) is 0 Å². The predicted octanol–water partition coefficient (Wildman–Crippen LogP) is 1.90. The van der Waals surface area contributed by atoms with Crippen LogP contribution in [0.2, 0.25) is 0 Å². The van der Waals surface area contributed by atoms with Crippen molar-refractivity contribution >= 4 is 0 Å². The van der Waals surface area contributed by atoms with Gasteiger partial charge in [-0.25, -0.2) is 4.39 Å². The maximum absolute atomic E-state index is 13.5. The first-order valence-corrected chi connectivity index (χ1v) is 5.75. The van der Waals surface area contributed by atoms with E-state index in [0.717, 1.165) is 11.5 Å². The predicted molar refractivity (Wildman–Crippen MR) is 66.0 cm³/mol. The zero-order chi connectivity index (χ0) is 13.0. The third-order valence-corrected chi connectivity index (χ3v) is 2.64. The summed E-state index contributed by atoms with van der Waals surface area (Å²) in [6.07, 6.45) is 0. The zero-order valence-corrected chi connectivity index (χ0v) is 10.3. The Bertz CT molecular complexity index is 512. The molecule has 2 N–H and O–H groups in total. The van der Waals surface area contributed by atoms with Gasteiger partial charge in [0.2, 0.25) is 0 Å². The van der Waals surface area contributed by atoms with Crippen molar-refractivity contribution < 1.29 is 8.91 Å². The number of nitrogens with zero attached hydrogens (tertiary/aromatic N) is 2. The SMILES string of the molecule is CN(Cc1cc(CN)no1)Cc1ccccc1F. The molecule has 1 heterocycles. The molecule has 0 bridgehead atoms. The average molecular weight is 249 g/mol. The molecule has 18 heavy (non-hydrogen) atoms. The van der Waals surface area contributed by atoms with E-state index in [9.17, 15) is 4.39 Å². The second-order valence-corrected chi connectivity index (χ2v) is 4.25. The van der Waals surface area contributed by atoms with Gasteiger partial charge in [-0.05, 0) is 13.1 Å². The first-order chi connectivity index (χ1) is 8.69. The summed E-state index contributed by atoms with van der Waals surface area (Å²) in [5.74, 6) is 0.541. The van der Waals surface area contributed by atoms with E-state index in [-0.39, 0.29) is 5.82 Å². The molecule has 0 saturated heterocycles. The molecule has 0 aliphatic rings. The second-order valence-electron chi connectivity index (χ2n) is 4.25. The van der Waals surface area contributed by atoms with Gasteiger partial charge < -0.3 is 10.3 Å². The lowest BCUT2D eigenvalue weighted by atomic mass is 10.2. The highest BCUT2D eigenvalue weighted by Crippen LogP contribution is 2.12. The van der Waals surface area contributed by atoms with Crippen LogP contribution in [-0.4, -0.2) is 17.1 Å². The van der Waals surface area contributed by atoms with Crippen LogP contribution in [0.15, 0.2) is 34.9 Å². The summed E-state index contributed by atoms with van der Waals surface area (Å²) in [7, 11) is 1.90. The summed E-state index contributed by atoms with van der Waals surface area (Å²) in [6.45, 7) is 1.45. The summed E-state index contributed by atoms with van der Waals surface area (Å²) >= 11 is 0. The van der Waals surface area contributed by atoms with Gasteiger partial charge in [0, 0.05) is 24.7 Å². The third kappa shape index (κ3) is 3.15. The highest BCUT2D eigenvalue weighted by atomic mass is 19.1. The van der Waals surface area contributed by atoms with Gasteiger partial charge in [0.05, 0.1) is 12.2 Å². The topological polar surface area (TPSA) is 55.3 Å². The fourth-order valence-corrected chi connectivity index (χ4v) is 1.77. The van der Waals surface area contributed by atoms with Gasteiger partial charge in [-0.3, -0.25) is 4.90 Å². The van der Waals surface area contributed by atoms with Crippen molar-refractivity contribution in [1.82, 2.24) is 10.1 Å². The molecule has 1 aromatic carbocycles. The van der Waals surface area contributed by atoms with Gasteiger partial charge in [-0.2, -0.15) is 0 Å². The molecule has 96 valence electrons. The second kappa shape index (κ2) is 5.75. The zero-order valence-electron chi connectivity index (χ0n) is 10.3. The van der Waals surface area contributed by atoms with Gasteiger partial charge in [-0.1, -0.05) is 23.4 Å². The fraction of sp³-hybridized carbons (Fsp3) is 0.308. The molecule has 5 heteroatoms. The first kappa shape index (κ1) is 12.7. The number of nitrogens with two attached hydrogens (primary N) is 1. The van der Waals surface area contributed by atoms with Crippen LogP contribution in [0.1, 0.15) is 17.0 Å². The minimum Gasteiger partial charge on any atom is -0.360 e. The molecule has 2 aromatic rings. The van der Waals surface area contributed by atoms with E-state index in [0.29, 0.717) is 25.2 Å². The summed E-state index contributed by atoms with van der Waals surface area (Å²) in [4.78, 5) is 1.96. The third-order valence-electron chi connectivity index (χ3n) is 2.64. The maximum atomic E-state index is 13.5. The summed E-state index contributed by atoms with van der Waals surface area (Å²) < 4.78 is 18.6. The van der Waals surface area contributed by atoms with Crippen molar-refractivity contribution in [3.05, 3.63) is 53.2 Å². The van der Waals surface area contributed by atoms with Crippen molar-refractivity contribution in [1.29, 1.82) is 0 Å². The molecular weight excluding hydrogens is 233 g/mol. The van der Waals surface area contributed by atoms with E-state index in [1.807, 2.05) is 24.1 Å². The fourth-order valence-electron chi connectivity index (χ4n) is 1.77. The molecule has 0 atom stereocenters. The molecule has 0 aliphatic heterocycles. The van der Waals surface area contributed by atoms with Crippen LogP contribution in [-0.2, 0) is 19.6 Å². The molecule has 4 nitrogen and oxygen atoms in total. The van der Waals surface area contributed by atoms with E-state index in [1.54, 1.807) is 12.1 Å². The smallest absolute Gasteiger partial charge is 0.151 e. The highest BCUT2D eigenvalue weighted by molar-refractivity contribution is 5.17. The summed E-state index contributed by atoms with van der Waals surface area (Å²) in [5, 5.41) is 3.81. The molecular formula is C13H16FN3O. The van der Waals surface area contributed by atoms with Crippen LogP contribution in [0.4, 0.5) is 4.39 Å². The molecule has 0 amide bonds. The van der Waals surface area contributed by atoms with E-state index in [2.05, 4.69) is 5.16 Å². The minimum atomic E-state index is -0.190. The monoisotopic (exact) mass is 249 g/mol. The molecule has 0 spiro atoms. The summed E-state index contributed by atoms with van der Waals surface area (Å²) in [5.41, 5.74) is 6.84. The van der Waals surface area contributed by atoms with Crippen molar-refractivity contribution in [2.24, 2.45) is 5.73 Å². The van der Waals surface area contributed by atoms with Crippen LogP contribution in [0, 0.1) is 5.82 Å². The van der Waals surface area contributed by atoms with Gasteiger partial charge in [0.1, 0.15) is 5.82 Å². The van der Waals surface area contributed by atoms with Crippen LogP contribution in [0.5, 0.6) is 0 Å². The van der Waals surface area contributed by atoms with Crippen LogP contribution < -0.4 is 5.73 Å². The molecule has 1 aromatic heterocycles. The number of rotatable bonds is 5. The number of halogens is 1. The Hall–Kier alpha value is -1.72. The van der Waals surface area contributed by atoms with Gasteiger partial charge in [-0.15, -0.1) is 0 Å². The molecule has 2 rings (SSSR count). The van der Waals surface area contributed by atoms with Crippen LogP contribution in [0.25, 0.3) is 0 Å². The maximum Gasteiger partial charge on any atom is 0.151 e. The minimum absolute atomic E-state index is 0.190. The standard InChI is InChI=1S/C13H16FN3O/c1-17(8-10-4-2-3-5-13(10)14)9-12-6-11(7-15)16-18-12/h2-6H,7-9,15H2,1H3. The lowest BCUT2D eigenvalue weighted by Gasteiger charge is -2.14. The van der Waals surface area contributed by atoms with Gasteiger partial charge in [0.25, 0.3) is 0 Å². The van der Waals surface area contributed by atoms with E-state index < -0.39 is 0 Å². The molecule has 0 saturated carbocycles. The number of aromatic nitrogens is 1. The normalized spacial score (nSPS) is 11.1. The van der Waals surface area contributed by atoms with Crippen LogP contribution >= 0.6 is 0 Å². The van der Waals surface area contributed by atoms with Crippen LogP contribution in [0.3, 0.4) is 0 Å². The Labute approximate surface area is 105 Å². The highest BCUT2D eigenvalue weighted by Gasteiger charge is 2.09. The van der Waals surface area contributed by atoms with E-state index >= 15 is 0 Å². The molecule has 0 aliphatic carbocycles. The Morgan fingerprint density at radius 1 is 1.33 bits per heavy atom. The Balaban J connectivity index is 1.96. The number of benzene rings is 1.